The Hall–Kier alpha value is -4.35. The summed E-state index contributed by atoms with van der Waals surface area (Å²) in [4.78, 5) is 0. The molecule has 3 nitrogen and oxygen atoms in total. The van der Waals surface area contributed by atoms with Crippen molar-refractivity contribution >= 4 is 0 Å². The number of methoxy groups -OCH3 is 3. The molecule has 4 aromatic carbocycles. The molecule has 0 aliphatic carbocycles. The Morgan fingerprint density at radius 3 is 0.857 bits per heavy atom. The van der Waals surface area contributed by atoms with Gasteiger partial charge in [-0.1, -0.05) is 36.4 Å². The number of ether oxygens (including phenoxy) is 3. The summed E-state index contributed by atoms with van der Waals surface area (Å²) in [6.45, 7) is 0. The van der Waals surface area contributed by atoms with Gasteiger partial charge in [0.25, 0.3) is 0 Å². The van der Waals surface area contributed by atoms with Crippen LogP contribution in [0.5, 0.6) is 17.2 Å². The first-order valence-electron chi connectivity index (χ1n) is 12.0. The van der Waals surface area contributed by atoms with E-state index in [4.69, 9.17) is 14.2 Å². The van der Waals surface area contributed by atoms with Crippen LogP contribution in [-0.4, -0.2) is 21.3 Å². The van der Waals surface area contributed by atoms with Crippen LogP contribution in [0.15, 0.2) is 72.8 Å². The van der Waals surface area contributed by atoms with Crippen LogP contribution in [0.4, 0.5) is 39.5 Å². The van der Waals surface area contributed by atoms with Crippen LogP contribution in [0.25, 0.3) is 33.4 Å². The zero-order valence-electron chi connectivity index (χ0n) is 22.1. The van der Waals surface area contributed by atoms with Gasteiger partial charge in [0, 0.05) is 16.7 Å². The van der Waals surface area contributed by atoms with Crippen LogP contribution in [-0.2, 0) is 18.5 Å². The third-order valence-electron chi connectivity index (χ3n) is 6.49. The highest BCUT2D eigenvalue weighted by molar-refractivity contribution is 5.96. The minimum Gasteiger partial charge on any atom is -0.497 e. The van der Waals surface area contributed by atoms with Crippen molar-refractivity contribution in [2.45, 2.75) is 18.5 Å². The highest BCUT2D eigenvalue weighted by atomic mass is 19.4. The molecule has 0 aliphatic heterocycles. The Labute approximate surface area is 234 Å². The smallest absolute Gasteiger partial charge is 0.417 e. The highest BCUT2D eigenvalue weighted by Crippen LogP contribution is 2.57. The minimum atomic E-state index is -5.86. The normalized spacial score (nSPS) is 12.3. The van der Waals surface area contributed by atoms with Crippen LogP contribution in [0.1, 0.15) is 16.7 Å². The van der Waals surface area contributed by atoms with E-state index in [0.29, 0.717) is 0 Å². The summed E-state index contributed by atoms with van der Waals surface area (Å²) in [6, 6.07) is 12.6. The zero-order valence-corrected chi connectivity index (χ0v) is 22.1. The van der Waals surface area contributed by atoms with E-state index in [1.807, 2.05) is 0 Å². The van der Waals surface area contributed by atoms with Crippen LogP contribution < -0.4 is 14.2 Å². The third kappa shape index (κ3) is 5.83. The maximum absolute atomic E-state index is 15.1. The van der Waals surface area contributed by atoms with Crippen molar-refractivity contribution < 1.29 is 53.7 Å². The van der Waals surface area contributed by atoms with E-state index in [0.717, 1.165) is 60.7 Å². The SMILES string of the molecule is COc1ccc(-c2c(-c3ccc(OC)cc3)c(C(F)(F)F)c(C(F)(F)F)c(-c3ccc(OC)cc3)c2C(F)(F)F)cc1. The van der Waals surface area contributed by atoms with E-state index in [-0.39, 0.29) is 17.2 Å². The van der Waals surface area contributed by atoms with Gasteiger partial charge in [-0.05, 0) is 53.1 Å². The monoisotopic (exact) mass is 600 g/mol. The summed E-state index contributed by atoms with van der Waals surface area (Å²) in [7, 11) is 3.72. The fraction of sp³-hybridized carbons (Fsp3) is 0.200. The molecule has 42 heavy (non-hydrogen) atoms. The van der Waals surface area contributed by atoms with E-state index in [2.05, 4.69) is 0 Å². The molecule has 0 atom stereocenters. The van der Waals surface area contributed by atoms with E-state index < -0.39 is 68.6 Å². The lowest BCUT2D eigenvalue weighted by atomic mass is 9.78. The zero-order chi connectivity index (χ0) is 31.0. The number of alkyl halides is 9. The summed E-state index contributed by atoms with van der Waals surface area (Å²) >= 11 is 0. The summed E-state index contributed by atoms with van der Waals surface area (Å²) in [6.07, 6.45) is -17.2. The topological polar surface area (TPSA) is 27.7 Å². The average Bonchev–Trinajstić information content (AvgIpc) is 2.94. The quantitative estimate of drug-likeness (QED) is 0.206. The molecule has 0 amide bonds. The molecule has 0 saturated carbocycles. The molecule has 222 valence electrons. The molecule has 0 N–H and O–H groups in total. The second-order valence-electron chi connectivity index (χ2n) is 8.93. The fourth-order valence-corrected chi connectivity index (χ4v) is 4.74. The van der Waals surface area contributed by atoms with E-state index >= 15 is 13.2 Å². The van der Waals surface area contributed by atoms with Crippen molar-refractivity contribution in [2.75, 3.05) is 21.3 Å². The number of rotatable bonds is 6. The molecule has 0 spiro atoms. The molecule has 0 unspecified atom stereocenters. The molecule has 4 aromatic rings. The number of hydrogen-bond donors (Lipinski definition) is 0. The lowest BCUT2D eigenvalue weighted by Gasteiger charge is -2.30. The molecule has 0 bridgehead atoms. The van der Waals surface area contributed by atoms with Crippen molar-refractivity contribution in [3.05, 3.63) is 89.5 Å². The van der Waals surface area contributed by atoms with Crippen molar-refractivity contribution in [3.8, 4) is 50.6 Å². The maximum Gasteiger partial charge on any atom is 0.417 e. The van der Waals surface area contributed by atoms with Crippen molar-refractivity contribution in [1.29, 1.82) is 0 Å². The van der Waals surface area contributed by atoms with Gasteiger partial charge in [0.2, 0.25) is 0 Å². The second kappa shape index (κ2) is 11.1. The van der Waals surface area contributed by atoms with Gasteiger partial charge in [0.15, 0.2) is 0 Å². The molecule has 0 radical (unpaired) electrons. The highest BCUT2D eigenvalue weighted by Gasteiger charge is 2.52. The van der Waals surface area contributed by atoms with Gasteiger partial charge in [-0.25, -0.2) is 0 Å². The largest absolute Gasteiger partial charge is 0.497 e. The number of hydrogen-bond acceptors (Lipinski definition) is 3. The van der Waals surface area contributed by atoms with Crippen molar-refractivity contribution in [3.63, 3.8) is 0 Å². The number of benzene rings is 4. The molecule has 12 heteroatoms. The molecule has 0 heterocycles. The first kappa shape index (κ1) is 30.6. The van der Waals surface area contributed by atoms with Gasteiger partial charge in [-0.2, -0.15) is 39.5 Å². The minimum absolute atomic E-state index is 0.0714. The van der Waals surface area contributed by atoms with Crippen molar-refractivity contribution in [2.24, 2.45) is 0 Å². The summed E-state index contributed by atoms with van der Waals surface area (Å²) in [5.41, 5.74) is -12.3. The predicted molar refractivity (Wildman–Crippen MR) is 137 cm³/mol. The third-order valence-corrected chi connectivity index (χ3v) is 6.49. The molecule has 0 aromatic heterocycles. The van der Waals surface area contributed by atoms with Crippen LogP contribution in [0, 0.1) is 0 Å². The molecular weight excluding hydrogens is 579 g/mol. The van der Waals surface area contributed by atoms with Gasteiger partial charge in [0.05, 0.1) is 38.0 Å². The molecular formula is C30H21F9O3. The van der Waals surface area contributed by atoms with Gasteiger partial charge >= 0.3 is 18.5 Å². The fourth-order valence-electron chi connectivity index (χ4n) is 4.74. The molecule has 4 rings (SSSR count). The predicted octanol–water partition coefficient (Wildman–Crippen LogP) is 9.77. The molecule has 0 fully saturated rings. The first-order valence-corrected chi connectivity index (χ1v) is 12.0. The Balaban J connectivity index is 2.38. The molecule has 0 saturated heterocycles. The second-order valence-corrected chi connectivity index (χ2v) is 8.93. The summed E-state index contributed by atoms with van der Waals surface area (Å²) in [5, 5.41) is 0. The van der Waals surface area contributed by atoms with Crippen LogP contribution in [0.3, 0.4) is 0 Å². The summed E-state index contributed by atoms with van der Waals surface area (Å²) in [5.74, 6) is 0.360. The lowest BCUT2D eigenvalue weighted by molar-refractivity contribution is -0.162. The van der Waals surface area contributed by atoms with Gasteiger partial charge in [-0.3, -0.25) is 0 Å². The average molecular weight is 600 g/mol. The standard InChI is InChI=1S/C30H21F9O3/c1-40-19-10-4-16(5-11-19)22-23(17-6-12-20(41-2)13-7-17)26(29(34,35)36)27(30(37,38)39)24(25(22)28(31,32)33)18-8-14-21(42-3)15-9-18/h4-15H,1-3H3. The van der Waals surface area contributed by atoms with Crippen LogP contribution in [0.2, 0.25) is 0 Å². The van der Waals surface area contributed by atoms with Crippen LogP contribution >= 0.6 is 0 Å². The Bertz CT molecular complexity index is 1550. The van der Waals surface area contributed by atoms with E-state index in [9.17, 15) is 26.3 Å². The number of halogens is 9. The first-order chi connectivity index (χ1) is 19.6. The van der Waals surface area contributed by atoms with Gasteiger partial charge in [0.1, 0.15) is 17.2 Å². The summed E-state index contributed by atoms with van der Waals surface area (Å²) < 4.78 is 149. The lowest BCUT2D eigenvalue weighted by Crippen LogP contribution is -2.24. The van der Waals surface area contributed by atoms with Gasteiger partial charge in [-0.15, -0.1) is 0 Å². The van der Waals surface area contributed by atoms with E-state index in [1.165, 1.54) is 33.5 Å². The van der Waals surface area contributed by atoms with E-state index in [1.54, 1.807) is 0 Å². The van der Waals surface area contributed by atoms with Gasteiger partial charge < -0.3 is 14.2 Å². The maximum atomic E-state index is 15.1. The van der Waals surface area contributed by atoms with Crippen molar-refractivity contribution in [1.82, 2.24) is 0 Å². The Morgan fingerprint density at radius 2 is 0.595 bits per heavy atom. The Morgan fingerprint density at radius 1 is 0.357 bits per heavy atom. The Kier molecular flexibility index (Phi) is 8.12. The molecule has 0 aliphatic rings.